The van der Waals surface area contributed by atoms with Crippen molar-refractivity contribution in [2.45, 2.75) is 163 Å². The molecule has 0 heterocycles. The van der Waals surface area contributed by atoms with Gasteiger partial charge < -0.3 is 0 Å². The van der Waals surface area contributed by atoms with Gasteiger partial charge in [-0.1, -0.05) is 178 Å². The van der Waals surface area contributed by atoms with E-state index in [1.807, 2.05) is 0 Å². The third-order valence-corrected chi connectivity index (χ3v) is 17.9. The van der Waals surface area contributed by atoms with E-state index in [4.69, 9.17) is 0 Å². The minimum Gasteiger partial charge on any atom is -0.0651 e. The van der Waals surface area contributed by atoms with Crippen LogP contribution in [0, 0.1) is 24.7 Å². The second kappa shape index (κ2) is 17.6. The fourth-order valence-electron chi connectivity index (χ4n) is 12.8. The molecule has 0 aromatic heterocycles. The average molecular weight is 845 g/mol. The van der Waals surface area contributed by atoms with Gasteiger partial charge >= 0.3 is 0 Å². The van der Waals surface area contributed by atoms with E-state index in [1.54, 1.807) is 27.8 Å². The third kappa shape index (κ3) is 7.07. The van der Waals surface area contributed by atoms with Crippen LogP contribution in [-0.2, 0) is 16.2 Å². The first-order chi connectivity index (χ1) is 31.0. The fraction of sp³-hybridized carbons (Fsp3) is 0.438. The zero-order chi connectivity index (χ0) is 45.0. The van der Waals surface area contributed by atoms with Crippen LogP contribution >= 0.6 is 0 Å². The molecule has 0 aliphatic heterocycles. The largest absolute Gasteiger partial charge is 0.0651 e. The number of hydrogen-bond donors (Lipinski definition) is 0. The molecule has 0 saturated heterocycles. The van der Waals surface area contributed by atoms with Crippen LogP contribution in [-0.4, -0.2) is 0 Å². The molecule has 0 spiro atoms. The molecule has 3 aliphatic carbocycles. The summed E-state index contributed by atoms with van der Waals surface area (Å²) in [6, 6.07) is 46.7. The van der Waals surface area contributed by atoms with Crippen LogP contribution in [0.2, 0.25) is 0 Å². The minimum atomic E-state index is -0.0372. The average Bonchev–Trinajstić information content (AvgIpc) is 3.89. The Morgan fingerprint density at radius 2 is 0.641 bits per heavy atom. The predicted octanol–water partition coefficient (Wildman–Crippen LogP) is 18.8. The van der Waals surface area contributed by atoms with Gasteiger partial charge in [-0.15, -0.1) is 0 Å². The van der Waals surface area contributed by atoms with Crippen molar-refractivity contribution in [2.75, 3.05) is 0 Å². The monoisotopic (exact) mass is 845 g/mol. The van der Waals surface area contributed by atoms with Crippen molar-refractivity contribution in [1.29, 1.82) is 0 Å². The fourth-order valence-corrected chi connectivity index (χ4v) is 12.8. The van der Waals surface area contributed by atoms with Crippen molar-refractivity contribution in [1.82, 2.24) is 0 Å². The molecule has 64 heavy (non-hydrogen) atoms. The Hall–Kier alpha value is -4.68. The van der Waals surface area contributed by atoms with E-state index in [2.05, 4.69) is 184 Å². The Labute approximate surface area is 388 Å². The van der Waals surface area contributed by atoms with Crippen LogP contribution in [0.15, 0.2) is 115 Å². The lowest BCUT2D eigenvalue weighted by atomic mass is 9.70. The first kappa shape index (κ1) is 44.5. The highest BCUT2D eigenvalue weighted by Gasteiger charge is 2.45. The Kier molecular flexibility index (Phi) is 12.2. The number of benzene rings is 6. The molecule has 0 bridgehead atoms. The minimum absolute atomic E-state index is 0.0372. The normalized spacial score (nSPS) is 21.4. The van der Waals surface area contributed by atoms with E-state index in [-0.39, 0.29) is 16.2 Å². The summed E-state index contributed by atoms with van der Waals surface area (Å²) < 4.78 is 0. The topological polar surface area (TPSA) is 0 Å². The lowest BCUT2D eigenvalue weighted by molar-refractivity contribution is 0.389. The summed E-state index contributed by atoms with van der Waals surface area (Å²) in [5.41, 5.74) is 24.8. The SMILES string of the molecule is CCC(C)CCC1(CC)c2ccccc2-c2ccc(-c3ccc4c(c3)C(CC)(CCC(C)CC)c3cc(-c5ccc6c(c5)C(CC)(CCC(C)CC)c5cc(C)ccc5-6)ccc3-4)cc21. The molecule has 0 nitrogen and oxygen atoms in total. The molecule has 0 radical (unpaired) electrons. The standard InChI is InChI=1S/C64H76/c1-11-42(7)31-34-62(14-4)56-20-18-17-19-50(56)52-27-22-46(38-58(52)62)48-24-29-54-55-30-25-49(41-61(55)64(16-6,60(54)40-48)36-33-44(9)13-3)47-23-28-53-51-26-21-45(10)37-57(51)63(15-5,59(53)39-47)35-32-43(8)12-2/h17-30,37-44H,11-16,31-36H2,1-10H3. The summed E-state index contributed by atoms with van der Waals surface area (Å²) in [6.07, 6.45) is 14.4. The summed E-state index contributed by atoms with van der Waals surface area (Å²) in [5, 5.41) is 0. The first-order valence-electron chi connectivity index (χ1n) is 25.8. The van der Waals surface area contributed by atoms with Crippen LogP contribution in [0.4, 0.5) is 0 Å². The van der Waals surface area contributed by atoms with Crippen LogP contribution in [0.1, 0.15) is 178 Å². The van der Waals surface area contributed by atoms with Gasteiger partial charge in [-0.05, 0) is 196 Å². The zero-order valence-corrected chi connectivity index (χ0v) is 41.2. The number of rotatable bonds is 17. The molecule has 3 aliphatic rings. The van der Waals surface area contributed by atoms with Gasteiger partial charge in [0.05, 0.1) is 0 Å². The van der Waals surface area contributed by atoms with E-state index < -0.39 is 0 Å². The molecule has 0 amide bonds. The van der Waals surface area contributed by atoms with Crippen LogP contribution < -0.4 is 0 Å². The van der Waals surface area contributed by atoms with Crippen LogP contribution in [0.25, 0.3) is 55.6 Å². The molecule has 9 rings (SSSR count). The summed E-state index contributed by atoms with van der Waals surface area (Å²) in [4.78, 5) is 0. The van der Waals surface area contributed by atoms with Crippen LogP contribution in [0.3, 0.4) is 0 Å². The highest BCUT2D eigenvalue weighted by Crippen LogP contribution is 2.59. The molecular formula is C64H76. The molecule has 6 aromatic rings. The van der Waals surface area contributed by atoms with Crippen molar-refractivity contribution in [3.8, 4) is 55.6 Å². The maximum absolute atomic E-state index is 2.63. The van der Waals surface area contributed by atoms with Gasteiger partial charge in [0.15, 0.2) is 0 Å². The van der Waals surface area contributed by atoms with Crippen molar-refractivity contribution in [2.24, 2.45) is 17.8 Å². The second-order valence-electron chi connectivity index (χ2n) is 21.1. The molecule has 0 saturated carbocycles. The number of aryl methyl sites for hydroxylation is 1. The Balaban J connectivity index is 1.14. The van der Waals surface area contributed by atoms with Gasteiger partial charge in [0, 0.05) is 16.2 Å². The summed E-state index contributed by atoms with van der Waals surface area (Å²) in [5.74, 6) is 2.15. The maximum Gasteiger partial charge on any atom is 0.0213 e. The van der Waals surface area contributed by atoms with Gasteiger partial charge in [-0.3, -0.25) is 0 Å². The summed E-state index contributed by atoms with van der Waals surface area (Å²) in [7, 11) is 0. The lowest BCUT2D eigenvalue weighted by Crippen LogP contribution is -2.25. The van der Waals surface area contributed by atoms with E-state index in [1.165, 1.54) is 125 Å². The molecule has 6 aromatic carbocycles. The molecule has 0 heteroatoms. The zero-order valence-electron chi connectivity index (χ0n) is 41.2. The Morgan fingerprint density at radius 3 is 0.984 bits per heavy atom. The van der Waals surface area contributed by atoms with E-state index in [0.29, 0.717) is 5.92 Å². The van der Waals surface area contributed by atoms with E-state index in [9.17, 15) is 0 Å². The molecular weight excluding hydrogens is 769 g/mol. The molecule has 0 N–H and O–H groups in total. The van der Waals surface area contributed by atoms with Crippen LogP contribution in [0.5, 0.6) is 0 Å². The van der Waals surface area contributed by atoms with E-state index in [0.717, 1.165) is 31.1 Å². The molecule has 0 fully saturated rings. The smallest absolute Gasteiger partial charge is 0.0213 e. The molecule has 332 valence electrons. The molecule has 6 unspecified atom stereocenters. The van der Waals surface area contributed by atoms with Gasteiger partial charge in [-0.25, -0.2) is 0 Å². The molecule has 6 atom stereocenters. The second-order valence-corrected chi connectivity index (χ2v) is 21.1. The van der Waals surface area contributed by atoms with Gasteiger partial charge in [0.25, 0.3) is 0 Å². The maximum atomic E-state index is 2.63. The van der Waals surface area contributed by atoms with Crippen molar-refractivity contribution in [3.05, 3.63) is 154 Å². The van der Waals surface area contributed by atoms with Gasteiger partial charge in [-0.2, -0.15) is 0 Å². The highest BCUT2D eigenvalue weighted by atomic mass is 14.5. The number of fused-ring (bicyclic) bond motifs is 9. The predicted molar refractivity (Wildman–Crippen MR) is 278 cm³/mol. The van der Waals surface area contributed by atoms with Gasteiger partial charge in [0.1, 0.15) is 0 Å². The van der Waals surface area contributed by atoms with E-state index >= 15 is 0 Å². The van der Waals surface area contributed by atoms with Crippen molar-refractivity contribution >= 4 is 0 Å². The highest BCUT2D eigenvalue weighted by molar-refractivity contribution is 5.89. The van der Waals surface area contributed by atoms with Crippen molar-refractivity contribution < 1.29 is 0 Å². The first-order valence-corrected chi connectivity index (χ1v) is 25.8. The van der Waals surface area contributed by atoms with Gasteiger partial charge in [0.2, 0.25) is 0 Å². The quantitative estimate of drug-likeness (QED) is 0.0858. The number of hydrogen-bond acceptors (Lipinski definition) is 0. The lowest BCUT2D eigenvalue weighted by Gasteiger charge is -2.33. The Morgan fingerprint density at radius 1 is 0.344 bits per heavy atom. The summed E-state index contributed by atoms with van der Waals surface area (Å²) >= 11 is 0. The third-order valence-electron chi connectivity index (χ3n) is 17.9. The summed E-state index contributed by atoms with van der Waals surface area (Å²) in [6.45, 7) is 24.0. The Bertz CT molecular complexity index is 2670. The van der Waals surface area contributed by atoms with Crippen molar-refractivity contribution in [3.63, 3.8) is 0 Å².